The molecule has 100 valence electrons. The van der Waals surface area contributed by atoms with Crippen molar-refractivity contribution >= 4 is 0 Å². The van der Waals surface area contributed by atoms with Crippen LogP contribution in [-0.4, -0.2) is 20.2 Å². The van der Waals surface area contributed by atoms with Gasteiger partial charge in [-0.25, -0.2) is 0 Å². The van der Waals surface area contributed by atoms with Crippen molar-refractivity contribution in [2.45, 2.75) is 6.92 Å². The standard InChI is InChI=1S/C17H21NO/c1-14(12-18-2)13-19-17-10-8-16(9-11-17)15-6-4-3-5-7-15/h3-11,14,18H,12-13H2,1-2H3. The third-order valence-electron chi connectivity index (χ3n) is 3.05. The van der Waals surface area contributed by atoms with Crippen LogP contribution < -0.4 is 10.1 Å². The average Bonchev–Trinajstić information content (AvgIpc) is 2.47. The molecule has 0 saturated carbocycles. The summed E-state index contributed by atoms with van der Waals surface area (Å²) < 4.78 is 5.77. The van der Waals surface area contributed by atoms with Gasteiger partial charge in [0.1, 0.15) is 5.75 Å². The highest BCUT2D eigenvalue weighted by molar-refractivity contribution is 5.63. The molecule has 0 aliphatic carbocycles. The first kappa shape index (κ1) is 13.6. The molecule has 0 spiro atoms. The molecule has 2 rings (SSSR count). The lowest BCUT2D eigenvalue weighted by molar-refractivity contribution is 0.258. The van der Waals surface area contributed by atoms with Crippen LogP contribution in [0, 0.1) is 5.92 Å². The van der Waals surface area contributed by atoms with Crippen LogP contribution in [0.1, 0.15) is 6.92 Å². The fourth-order valence-corrected chi connectivity index (χ4v) is 2.02. The lowest BCUT2D eigenvalue weighted by atomic mass is 10.1. The third kappa shape index (κ3) is 4.11. The van der Waals surface area contributed by atoms with Crippen molar-refractivity contribution in [3.8, 4) is 16.9 Å². The van der Waals surface area contributed by atoms with Crippen molar-refractivity contribution in [1.82, 2.24) is 5.32 Å². The lowest BCUT2D eigenvalue weighted by Crippen LogP contribution is -2.21. The fraction of sp³-hybridized carbons (Fsp3) is 0.294. The van der Waals surface area contributed by atoms with Crippen molar-refractivity contribution in [3.63, 3.8) is 0 Å². The van der Waals surface area contributed by atoms with E-state index >= 15 is 0 Å². The highest BCUT2D eigenvalue weighted by atomic mass is 16.5. The van der Waals surface area contributed by atoms with E-state index in [1.54, 1.807) is 0 Å². The third-order valence-corrected chi connectivity index (χ3v) is 3.05. The Bertz CT molecular complexity index is 478. The summed E-state index contributed by atoms with van der Waals surface area (Å²) in [6, 6.07) is 18.7. The van der Waals surface area contributed by atoms with E-state index in [2.05, 4.69) is 48.6 Å². The van der Waals surface area contributed by atoms with Gasteiger partial charge >= 0.3 is 0 Å². The van der Waals surface area contributed by atoms with Crippen molar-refractivity contribution in [1.29, 1.82) is 0 Å². The summed E-state index contributed by atoms with van der Waals surface area (Å²) in [5.41, 5.74) is 2.45. The van der Waals surface area contributed by atoms with Gasteiger partial charge in [0.05, 0.1) is 6.61 Å². The van der Waals surface area contributed by atoms with Crippen LogP contribution in [0.2, 0.25) is 0 Å². The molecule has 2 aromatic rings. The number of nitrogens with one attached hydrogen (secondary N) is 1. The van der Waals surface area contributed by atoms with Gasteiger partial charge in [-0.1, -0.05) is 49.4 Å². The predicted octanol–water partition coefficient (Wildman–Crippen LogP) is 3.59. The van der Waals surface area contributed by atoms with E-state index in [1.807, 2.05) is 25.2 Å². The molecular weight excluding hydrogens is 234 g/mol. The number of hydrogen-bond acceptors (Lipinski definition) is 2. The van der Waals surface area contributed by atoms with Crippen LogP contribution in [0.4, 0.5) is 0 Å². The number of hydrogen-bond donors (Lipinski definition) is 1. The normalized spacial score (nSPS) is 12.1. The van der Waals surface area contributed by atoms with Crippen LogP contribution in [0.25, 0.3) is 11.1 Å². The first-order valence-corrected chi connectivity index (χ1v) is 6.72. The zero-order valence-electron chi connectivity index (χ0n) is 11.6. The molecule has 0 heterocycles. The predicted molar refractivity (Wildman–Crippen MR) is 80.5 cm³/mol. The van der Waals surface area contributed by atoms with Gasteiger partial charge in [-0.2, -0.15) is 0 Å². The van der Waals surface area contributed by atoms with E-state index in [9.17, 15) is 0 Å². The summed E-state index contributed by atoms with van der Waals surface area (Å²) in [5, 5.41) is 3.15. The SMILES string of the molecule is CNCC(C)COc1ccc(-c2ccccc2)cc1. The van der Waals surface area contributed by atoms with E-state index in [0.717, 1.165) is 18.9 Å². The molecule has 1 N–H and O–H groups in total. The minimum Gasteiger partial charge on any atom is -0.493 e. The molecule has 0 aliphatic heterocycles. The molecule has 2 aromatic carbocycles. The van der Waals surface area contributed by atoms with Gasteiger partial charge < -0.3 is 10.1 Å². The second-order valence-corrected chi connectivity index (χ2v) is 4.86. The zero-order chi connectivity index (χ0) is 13.5. The number of rotatable bonds is 6. The second-order valence-electron chi connectivity index (χ2n) is 4.86. The summed E-state index contributed by atoms with van der Waals surface area (Å²) in [6.45, 7) is 3.89. The Morgan fingerprint density at radius 1 is 0.947 bits per heavy atom. The number of ether oxygens (including phenoxy) is 1. The first-order valence-electron chi connectivity index (χ1n) is 6.72. The molecule has 1 unspecified atom stereocenters. The summed E-state index contributed by atoms with van der Waals surface area (Å²) in [6.07, 6.45) is 0. The van der Waals surface area contributed by atoms with Crippen molar-refractivity contribution in [2.75, 3.05) is 20.2 Å². The summed E-state index contributed by atoms with van der Waals surface area (Å²) in [7, 11) is 1.96. The molecule has 0 amide bonds. The molecule has 0 fully saturated rings. The Labute approximate surface area is 115 Å². The van der Waals surface area contributed by atoms with Gasteiger partial charge in [0, 0.05) is 12.5 Å². The fourth-order valence-electron chi connectivity index (χ4n) is 2.02. The lowest BCUT2D eigenvalue weighted by Gasteiger charge is -2.12. The minimum atomic E-state index is 0.513. The topological polar surface area (TPSA) is 21.3 Å². The van der Waals surface area contributed by atoms with E-state index in [4.69, 9.17) is 4.74 Å². The Kier molecular flexibility index (Phi) is 4.99. The van der Waals surface area contributed by atoms with Gasteiger partial charge in [0.2, 0.25) is 0 Å². The van der Waals surface area contributed by atoms with E-state index in [-0.39, 0.29) is 0 Å². The molecule has 0 radical (unpaired) electrons. The van der Waals surface area contributed by atoms with Crippen LogP contribution in [0.15, 0.2) is 54.6 Å². The maximum Gasteiger partial charge on any atom is 0.119 e. The smallest absolute Gasteiger partial charge is 0.119 e. The van der Waals surface area contributed by atoms with Gasteiger partial charge in [0.25, 0.3) is 0 Å². The Hall–Kier alpha value is -1.80. The molecule has 0 bridgehead atoms. The molecule has 0 saturated heterocycles. The van der Waals surface area contributed by atoms with Gasteiger partial charge in [-0.3, -0.25) is 0 Å². The highest BCUT2D eigenvalue weighted by Crippen LogP contribution is 2.22. The second kappa shape index (κ2) is 6.95. The molecular formula is C17H21NO. The van der Waals surface area contributed by atoms with Crippen molar-refractivity contribution < 1.29 is 4.74 Å². The molecule has 2 nitrogen and oxygen atoms in total. The van der Waals surface area contributed by atoms with Crippen LogP contribution >= 0.6 is 0 Å². The van der Waals surface area contributed by atoms with E-state index in [0.29, 0.717) is 5.92 Å². The zero-order valence-corrected chi connectivity index (χ0v) is 11.6. The van der Waals surface area contributed by atoms with Gasteiger partial charge in [-0.05, 0) is 30.3 Å². The first-order chi connectivity index (χ1) is 9.29. The summed E-state index contributed by atoms with van der Waals surface area (Å²) in [5.74, 6) is 1.45. The molecule has 0 aromatic heterocycles. The molecule has 1 atom stereocenters. The molecule has 2 heteroatoms. The maximum absolute atomic E-state index is 5.77. The summed E-state index contributed by atoms with van der Waals surface area (Å²) >= 11 is 0. The van der Waals surface area contributed by atoms with Crippen LogP contribution in [0.3, 0.4) is 0 Å². The Morgan fingerprint density at radius 2 is 1.58 bits per heavy atom. The number of benzene rings is 2. The Morgan fingerprint density at radius 3 is 2.21 bits per heavy atom. The quantitative estimate of drug-likeness (QED) is 0.851. The van der Waals surface area contributed by atoms with Crippen LogP contribution in [0.5, 0.6) is 5.75 Å². The minimum absolute atomic E-state index is 0.513. The molecule has 0 aliphatic rings. The van der Waals surface area contributed by atoms with Gasteiger partial charge in [-0.15, -0.1) is 0 Å². The van der Waals surface area contributed by atoms with E-state index < -0.39 is 0 Å². The van der Waals surface area contributed by atoms with Crippen molar-refractivity contribution in [2.24, 2.45) is 5.92 Å². The van der Waals surface area contributed by atoms with Crippen molar-refractivity contribution in [3.05, 3.63) is 54.6 Å². The maximum atomic E-state index is 5.77. The summed E-state index contributed by atoms with van der Waals surface area (Å²) in [4.78, 5) is 0. The largest absolute Gasteiger partial charge is 0.493 e. The van der Waals surface area contributed by atoms with Gasteiger partial charge in [0.15, 0.2) is 0 Å². The monoisotopic (exact) mass is 255 g/mol. The highest BCUT2D eigenvalue weighted by Gasteiger charge is 2.02. The van der Waals surface area contributed by atoms with E-state index in [1.165, 1.54) is 11.1 Å². The average molecular weight is 255 g/mol. The Balaban J connectivity index is 1.95. The molecule has 19 heavy (non-hydrogen) atoms. The van der Waals surface area contributed by atoms with Crippen LogP contribution in [-0.2, 0) is 0 Å².